The van der Waals surface area contributed by atoms with Crippen LogP contribution in [0.2, 0.25) is 0 Å². The molecule has 1 saturated carbocycles. The first kappa shape index (κ1) is 20.5. The van der Waals surface area contributed by atoms with Crippen molar-refractivity contribution >= 4 is 17.5 Å². The smallest absolute Gasteiger partial charge is 0.227 e. The van der Waals surface area contributed by atoms with Crippen molar-refractivity contribution < 1.29 is 14.3 Å². The van der Waals surface area contributed by atoms with Gasteiger partial charge in [0, 0.05) is 18.2 Å². The van der Waals surface area contributed by atoms with Crippen molar-refractivity contribution in [3.8, 4) is 5.75 Å². The molecule has 5 heteroatoms. The molecule has 0 radical (unpaired) electrons. The van der Waals surface area contributed by atoms with E-state index in [4.69, 9.17) is 4.74 Å². The molecule has 2 atom stereocenters. The number of anilines is 1. The number of methoxy groups -OCH3 is 1. The van der Waals surface area contributed by atoms with E-state index in [9.17, 15) is 9.59 Å². The number of nitrogens with zero attached hydrogens (tertiary/aromatic N) is 1. The molecule has 1 N–H and O–H groups in total. The minimum Gasteiger partial charge on any atom is -0.497 e. The van der Waals surface area contributed by atoms with Gasteiger partial charge in [-0.15, -0.1) is 0 Å². The summed E-state index contributed by atoms with van der Waals surface area (Å²) in [6.45, 7) is 0. The van der Waals surface area contributed by atoms with E-state index in [0.717, 1.165) is 29.8 Å². The number of hydrogen-bond acceptors (Lipinski definition) is 3. The van der Waals surface area contributed by atoms with Crippen LogP contribution in [-0.2, 0) is 9.59 Å². The summed E-state index contributed by atoms with van der Waals surface area (Å²) in [5, 5.41) is 3.30. The second-order valence-corrected chi connectivity index (χ2v) is 8.31. The number of rotatable bonds is 5. The van der Waals surface area contributed by atoms with Gasteiger partial charge in [0.15, 0.2) is 0 Å². The maximum Gasteiger partial charge on any atom is 0.227 e. The van der Waals surface area contributed by atoms with Crippen LogP contribution in [0.15, 0.2) is 54.6 Å². The Morgan fingerprint density at radius 3 is 2.33 bits per heavy atom. The number of carbonyl (C=O) groups excluding carboxylic acids is 2. The predicted octanol–water partition coefficient (Wildman–Crippen LogP) is 4.63. The molecule has 1 heterocycles. The van der Waals surface area contributed by atoms with Crippen LogP contribution in [0.5, 0.6) is 5.75 Å². The van der Waals surface area contributed by atoms with E-state index in [0.29, 0.717) is 12.8 Å². The van der Waals surface area contributed by atoms with Crippen molar-refractivity contribution in [1.29, 1.82) is 0 Å². The van der Waals surface area contributed by atoms with Crippen molar-refractivity contribution in [2.75, 3.05) is 12.0 Å². The largest absolute Gasteiger partial charge is 0.497 e. The molecule has 1 saturated heterocycles. The van der Waals surface area contributed by atoms with Crippen LogP contribution in [0.1, 0.15) is 56.6 Å². The normalized spacial score (nSPS) is 22.6. The quantitative estimate of drug-likeness (QED) is 0.788. The maximum atomic E-state index is 13.4. The Kier molecular flexibility index (Phi) is 6.36. The summed E-state index contributed by atoms with van der Waals surface area (Å²) in [7, 11) is 1.62. The van der Waals surface area contributed by atoms with E-state index < -0.39 is 0 Å². The highest BCUT2D eigenvalue weighted by Gasteiger charge is 2.41. The molecule has 2 aromatic rings. The number of hydrogen-bond donors (Lipinski definition) is 1. The Labute approximate surface area is 178 Å². The lowest BCUT2D eigenvalue weighted by Gasteiger charge is -2.41. The first-order valence-corrected chi connectivity index (χ1v) is 11.0. The lowest BCUT2D eigenvalue weighted by molar-refractivity contribution is -0.130. The fraction of sp³-hybridized carbons (Fsp3) is 0.440. The highest BCUT2D eigenvalue weighted by Crippen LogP contribution is 2.40. The Hall–Kier alpha value is -2.82. The van der Waals surface area contributed by atoms with Crippen LogP contribution in [0.3, 0.4) is 0 Å². The van der Waals surface area contributed by atoms with Crippen molar-refractivity contribution in [3.63, 3.8) is 0 Å². The van der Waals surface area contributed by atoms with Gasteiger partial charge in [-0.3, -0.25) is 9.59 Å². The topological polar surface area (TPSA) is 58.6 Å². The Morgan fingerprint density at radius 1 is 0.967 bits per heavy atom. The molecule has 0 bridgehead atoms. The second-order valence-electron chi connectivity index (χ2n) is 8.31. The van der Waals surface area contributed by atoms with Crippen LogP contribution >= 0.6 is 0 Å². The molecular formula is C25H30N2O3. The van der Waals surface area contributed by atoms with E-state index in [1.165, 1.54) is 19.3 Å². The average molecular weight is 407 g/mol. The lowest BCUT2D eigenvalue weighted by atomic mass is 9.82. The molecule has 2 aromatic carbocycles. The molecule has 0 aromatic heterocycles. The summed E-state index contributed by atoms with van der Waals surface area (Å²) >= 11 is 0. The SMILES string of the molecule is COc1ccc(N2C(=O)CC[C@@H](C(=O)NC3CCCCC3)[C@@H]2c2ccccc2)cc1. The molecule has 2 amide bonds. The Balaban J connectivity index is 1.66. The van der Waals surface area contributed by atoms with Crippen LogP contribution in [0.4, 0.5) is 5.69 Å². The molecule has 1 aliphatic heterocycles. The van der Waals surface area contributed by atoms with Gasteiger partial charge in [-0.05, 0) is 49.1 Å². The third-order valence-corrected chi connectivity index (χ3v) is 6.38. The van der Waals surface area contributed by atoms with Gasteiger partial charge < -0.3 is 15.0 Å². The van der Waals surface area contributed by atoms with Gasteiger partial charge in [-0.25, -0.2) is 0 Å². The molecule has 5 nitrogen and oxygen atoms in total. The fourth-order valence-electron chi connectivity index (χ4n) is 4.80. The minimum atomic E-state index is -0.315. The highest BCUT2D eigenvalue weighted by atomic mass is 16.5. The minimum absolute atomic E-state index is 0.0516. The molecule has 1 aliphatic carbocycles. The van der Waals surface area contributed by atoms with Crippen LogP contribution < -0.4 is 15.0 Å². The Morgan fingerprint density at radius 2 is 1.67 bits per heavy atom. The van der Waals surface area contributed by atoms with Crippen molar-refractivity contribution in [3.05, 3.63) is 60.2 Å². The molecule has 4 rings (SSSR count). The van der Waals surface area contributed by atoms with E-state index >= 15 is 0 Å². The lowest BCUT2D eigenvalue weighted by Crippen LogP contribution is -2.50. The van der Waals surface area contributed by atoms with Gasteiger partial charge in [0.1, 0.15) is 5.75 Å². The molecule has 0 spiro atoms. The van der Waals surface area contributed by atoms with Gasteiger partial charge in [0.05, 0.1) is 19.1 Å². The average Bonchev–Trinajstić information content (AvgIpc) is 2.80. The standard InChI is InChI=1S/C25H30N2O3/c1-30-21-14-12-20(13-15-21)27-23(28)17-16-22(24(27)18-8-4-2-5-9-18)25(29)26-19-10-6-3-7-11-19/h2,4-5,8-9,12-15,19,22,24H,3,6-7,10-11,16-17H2,1H3,(H,26,29)/t22-,24+/m1/s1. The van der Waals surface area contributed by atoms with E-state index in [1.807, 2.05) is 59.5 Å². The van der Waals surface area contributed by atoms with E-state index in [-0.39, 0.29) is 29.8 Å². The van der Waals surface area contributed by atoms with Crippen LogP contribution in [0.25, 0.3) is 0 Å². The van der Waals surface area contributed by atoms with Gasteiger partial charge >= 0.3 is 0 Å². The van der Waals surface area contributed by atoms with Crippen molar-refractivity contribution in [2.45, 2.75) is 57.0 Å². The number of nitrogens with one attached hydrogen (secondary N) is 1. The number of piperidine rings is 1. The zero-order chi connectivity index (χ0) is 20.9. The van der Waals surface area contributed by atoms with E-state index in [1.54, 1.807) is 7.11 Å². The maximum absolute atomic E-state index is 13.4. The summed E-state index contributed by atoms with van der Waals surface area (Å²) in [6, 6.07) is 17.4. The van der Waals surface area contributed by atoms with Crippen LogP contribution in [-0.4, -0.2) is 25.0 Å². The summed E-state index contributed by atoms with van der Waals surface area (Å²) in [6.07, 6.45) is 6.65. The summed E-state index contributed by atoms with van der Waals surface area (Å²) in [5.74, 6) is 0.595. The molecule has 158 valence electrons. The van der Waals surface area contributed by atoms with Gasteiger partial charge in [0.25, 0.3) is 0 Å². The van der Waals surface area contributed by atoms with Crippen LogP contribution in [0, 0.1) is 5.92 Å². The molecule has 2 aliphatic rings. The monoisotopic (exact) mass is 406 g/mol. The van der Waals surface area contributed by atoms with Gasteiger partial charge in [-0.1, -0.05) is 49.6 Å². The third kappa shape index (κ3) is 4.35. The highest BCUT2D eigenvalue weighted by molar-refractivity contribution is 5.97. The third-order valence-electron chi connectivity index (χ3n) is 6.38. The summed E-state index contributed by atoms with van der Waals surface area (Å²) in [5.41, 5.74) is 1.79. The molecule has 2 fully saturated rings. The first-order valence-electron chi connectivity index (χ1n) is 11.0. The fourth-order valence-corrected chi connectivity index (χ4v) is 4.80. The summed E-state index contributed by atoms with van der Waals surface area (Å²) < 4.78 is 5.27. The van der Waals surface area contributed by atoms with Gasteiger partial charge in [-0.2, -0.15) is 0 Å². The number of carbonyl (C=O) groups is 2. The van der Waals surface area contributed by atoms with Crippen molar-refractivity contribution in [1.82, 2.24) is 5.32 Å². The Bertz CT molecular complexity index is 860. The zero-order valence-electron chi connectivity index (χ0n) is 17.5. The number of ether oxygens (including phenoxy) is 1. The molecule has 30 heavy (non-hydrogen) atoms. The number of amides is 2. The van der Waals surface area contributed by atoms with E-state index in [2.05, 4.69) is 5.32 Å². The second kappa shape index (κ2) is 9.33. The van der Waals surface area contributed by atoms with Gasteiger partial charge in [0.2, 0.25) is 11.8 Å². The first-order chi connectivity index (χ1) is 14.7. The summed E-state index contributed by atoms with van der Waals surface area (Å²) in [4.78, 5) is 28.2. The van der Waals surface area contributed by atoms with Crippen molar-refractivity contribution in [2.24, 2.45) is 5.92 Å². The predicted molar refractivity (Wildman–Crippen MR) is 117 cm³/mol. The zero-order valence-corrected chi connectivity index (χ0v) is 17.5. The number of benzene rings is 2. The molecule has 0 unspecified atom stereocenters. The molecular weight excluding hydrogens is 376 g/mol.